The smallest absolute Gasteiger partial charge is 0.324 e. The number of carbonyl (C=O) groups excluding carboxylic acids is 3. The molecule has 1 saturated heterocycles. The fourth-order valence-corrected chi connectivity index (χ4v) is 3.45. The van der Waals surface area contributed by atoms with Crippen molar-refractivity contribution in [3.63, 3.8) is 0 Å². The van der Waals surface area contributed by atoms with Crippen LogP contribution in [0, 0.1) is 0 Å². The van der Waals surface area contributed by atoms with Gasteiger partial charge in [0.25, 0.3) is 5.91 Å². The zero-order valence-electron chi connectivity index (χ0n) is 14.3. The molecule has 2 aliphatic heterocycles. The molecule has 0 aromatic heterocycles. The number of hydrogen-bond acceptors (Lipinski definition) is 3. The second-order valence-corrected chi connectivity index (χ2v) is 6.52. The summed E-state index contributed by atoms with van der Waals surface area (Å²) in [6, 6.07) is 14.7. The highest BCUT2D eigenvalue weighted by Gasteiger charge is 2.28. The third kappa shape index (κ3) is 2.94. The van der Waals surface area contributed by atoms with E-state index < -0.39 is 0 Å². The lowest BCUT2D eigenvalue weighted by atomic mass is 10.0. The zero-order valence-corrected chi connectivity index (χ0v) is 14.3. The molecule has 6 nitrogen and oxygen atoms in total. The van der Waals surface area contributed by atoms with Gasteiger partial charge in [0.15, 0.2) is 0 Å². The molecule has 132 valence electrons. The maximum Gasteiger partial charge on any atom is 0.324 e. The van der Waals surface area contributed by atoms with E-state index in [2.05, 4.69) is 11.4 Å². The molecule has 4 rings (SSSR count). The van der Waals surface area contributed by atoms with Gasteiger partial charge in [-0.1, -0.05) is 30.3 Å². The maximum atomic E-state index is 12.9. The number of urea groups is 1. The lowest BCUT2D eigenvalue weighted by molar-refractivity contribution is -0.125. The number of para-hydroxylation sites is 1. The monoisotopic (exact) mass is 349 g/mol. The van der Waals surface area contributed by atoms with E-state index in [-0.39, 0.29) is 30.9 Å². The van der Waals surface area contributed by atoms with Crippen LogP contribution in [-0.2, 0) is 17.8 Å². The predicted molar refractivity (Wildman–Crippen MR) is 96.8 cm³/mol. The first-order valence-corrected chi connectivity index (χ1v) is 8.70. The van der Waals surface area contributed by atoms with Crippen LogP contribution < -0.4 is 10.2 Å². The van der Waals surface area contributed by atoms with E-state index >= 15 is 0 Å². The van der Waals surface area contributed by atoms with Crippen molar-refractivity contribution >= 4 is 23.5 Å². The van der Waals surface area contributed by atoms with Crippen LogP contribution in [-0.4, -0.2) is 35.8 Å². The number of nitrogens with one attached hydrogen (secondary N) is 1. The lowest BCUT2D eigenvalue weighted by Crippen LogP contribution is -2.35. The normalized spacial score (nSPS) is 16.5. The Hall–Kier alpha value is -3.15. The summed E-state index contributed by atoms with van der Waals surface area (Å²) in [6.45, 7) is 0.968. The largest absolute Gasteiger partial charge is 0.329 e. The minimum atomic E-state index is -0.375. The number of carbonyl (C=O) groups is 3. The first-order chi connectivity index (χ1) is 12.6. The van der Waals surface area contributed by atoms with Crippen molar-refractivity contribution in [2.45, 2.75) is 19.4 Å². The summed E-state index contributed by atoms with van der Waals surface area (Å²) in [6.07, 6.45) is 1.94. The van der Waals surface area contributed by atoms with Crippen LogP contribution in [0.15, 0.2) is 48.5 Å². The van der Waals surface area contributed by atoms with E-state index in [0.29, 0.717) is 12.1 Å². The third-order valence-electron chi connectivity index (χ3n) is 4.83. The number of amides is 4. The molecule has 6 heteroatoms. The molecular formula is C20H19N3O3. The van der Waals surface area contributed by atoms with Gasteiger partial charge in [0.1, 0.15) is 0 Å². The Morgan fingerprint density at radius 1 is 1.04 bits per heavy atom. The molecule has 1 N–H and O–H groups in total. The molecular weight excluding hydrogens is 330 g/mol. The number of aryl methyl sites for hydroxylation is 1. The van der Waals surface area contributed by atoms with E-state index in [4.69, 9.17) is 0 Å². The highest BCUT2D eigenvalue weighted by atomic mass is 16.2. The van der Waals surface area contributed by atoms with Crippen LogP contribution in [0.25, 0.3) is 0 Å². The third-order valence-corrected chi connectivity index (χ3v) is 4.83. The second kappa shape index (κ2) is 6.63. The summed E-state index contributed by atoms with van der Waals surface area (Å²) in [4.78, 5) is 39.2. The van der Waals surface area contributed by atoms with Gasteiger partial charge >= 0.3 is 6.03 Å². The van der Waals surface area contributed by atoms with Crippen LogP contribution >= 0.6 is 0 Å². The highest BCUT2D eigenvalue weighted by molar-refractivity contribution is 6.06. The number of hydrogen-bond donors (Lipinski definition) is 1. The molecule has 2 aliphatic rings. The number of nitrogens with zero attached hydrogens (tertiary/aromatic N) is 2. The second-order valence-electron chi connectivity index (χ2n) is 6.52. The van der Waals surface area contributed by atoms with Crippen molar-refractivity contribution in [2.24, 2.45) is 0 Å². The Balaban J connectivity index is 1.51. The minimum absolute atomic E-state index is 0.0290. The lowest BCUT2D eigenvalue weighted by Gasteiger charge is -2.29. The molecule has 4 amide bonds. The number of benzene rings is 2. The first-order valence-electron chi connectivity index (χ1n) is 8.70. The quantitative estimate of drug-likeness (QED) is 0.865. The molecule has 2 aromatic rings. The SMILES string of the molecule is O=C1CNC(=O)N1Cc1ccc(C(=O)N2CCCc3ccccc32)cc1. The van der Waals surface area contributed by atoms with Crippen molar-refractivity contribution in [3.05, 3.63) is 65.2 Å². The molecule has 0 aliphatic carbocycles. The average Bonchev–Trinajstić information content (AvgIpc) is 2.99. The first kappa shape index (κ1) is 16.3. The van der Waals surface area contributed by atoms with E-state index in [1.54, 1.807) is 24.3 Å². The highest BCUT2D eigenvalue weighted by Crippen LogP contribution is 2.28. The number of imide groups is 1. The molecule has 26 heavy (non-hydrogen) atoms. The van der Waals surface area contributed by atoms with Crippen LogP contribution in [0.5, 0.6) is 0 Å². The molecule has 2 aromatic carbocycles. The average molecular weight is 349 g/mol. The van der Waals surface area contributed by atoms with Crippen molar-refractivity contribution in [1.82, 2.24) is 10.2 Å². The van der Waals surface area contributed by atoms with Gasteiger partial charge in [-0.15, -0.1) is 0 Å². The van der Waals surface area contributed by atoms with Gasteiger partial charge in [0, 0.05) is 17.8 Å². The van der Waals surface area contributed by atoms with Crippen LogP contribution in [0.2, 0.25) is 0 Å². The molecule has 2 heterocycles. The number of rotatable bonds is 3. The summed E-state index contributed by atoms with van der Waals surface area (Å²) >= 11 is 0. The molecule has 0 saturated carbocycles. The minimum Gasteiger partial charge on any atom is -0.329 e. The van der Waals surface area contributed by atoms with Crippen molar-refractivity contribution < 1.29 is 14.4 Å². The fraction of sp³-hybridized carbons (Fsp3) is 0.250. The Labute approximate surface area is 151 Å². The number of fused-ring (bicyclic) bond motifs is 1. The Morgan fingerprint density at radius 2 is 1.81 bits per heavy atom. The van der Waals surface area contributed by atoms with E-state index in [1.807, 2.05) is 23.1 Å². The summed E-state index contributed by atoms with van der Waals surface area (Å²) in [5.41, 5.74) is 3.59. The summed E-state index contributed by atoms with van der Waals surface area (Å²) in [5, 5.41) is 2.50. The molecule has 0 radical (unpaired) electrons. The molecule has 0 unspecified atom stereocenters. The van der Waals surface area contributed by atoms with Crippen LogP contribution in [0.1, 0.15) is 27.9 Å². The molecule has 1 fully saturated rings. The summed E-state index contributed by atoms with van der Waals surface area (Å²) < 4.78 is 0. The van der Waals surface area contributed by atoms with E-state index in [1.165, 1.54) is 10.5 Å². The van der Waals surface area contributed by atoms with Gasteiger partial charge in [-0.2, -0.15) is 0 Å². The predicted octanol–water partition coefficient (Wildman–Crippen LogP) is 2.33. The standard InChI is InChI=1S/C20H19N3O3/c24-18-12-21-20(26)23(18)13-14-7-9-16(10-8-14)19(25)22-11-3-5-15-4-1-2-6-17(15)22/h1-2,4,6-10H,3,5,11-13H2,(H,21,26). The van der Waals surface area contributed by atoms with Crippen LogP contribution in [0.3, 0.4) is 0 Å². The zero-order chi connectivity index (χ0) is 18.1. The van der Waals surface area contributed by atoms with Gasteiger partial charge in [-0.25, -0.2) is 4.79 Å². The van der Waals surface area contributed by atoms with Gasteiger partial charge in [-0.3, -0.25) is 14.5 Å². The molecule has 0 atom stereocenters. The molecule has 0 spiro atoms. The Morgan fingerprint density at radius 3 is 2.54 bits per heavy atom. The number of anilines is 1. The van der Waals surface area contributed by atoms with Crippen molar-refractivity contribution in [2.75, 3.05) is 18.0 Å². The van der Waals surface area contributed by atoms with E-state index in [9.17, 15) is 14.4 Å². The Bertz CT molecular complexity index is 860. The summed E-state index contributed by atoms with van der Waals surface area (Å²) in [5.74, 6) is -0.265. The van der Waals surface area contributed by atoms with Crippen molar-refractivity contribution in [3.8, 4) is 0 Å². The fourth-order valence-electron chi connectivity index (χ4n) is 3.45. The molecule has 0 bridgehead atoms. The van der Waals surface area contributed by atoms with Gasteiger partial charge in [-0.05, 0) is 42.2 Å². The maximum absolute atomic E-state index is 12.9. The van der Waals surface area contributed by atoms with Crippen LogP contribution in [0.4, 0.5) is 10.5 Å². The van der Waals surface area contributed by atoms with E-state index in [0.717, 1.165) is 24.1 Å². The van der Waals surface area contributed by atoms with Crippen molar-refractivity contribution in [1.29, 1.82) is 0 Å². The van der Waals surface area contributed by atoms with Gasteiger partial charge in [0.05, 0.1) is 13.1 Å². The summed E-state index contributed by atoms with van der Waals surface area (Å²) in [7, 11) is 0. The van der Waals surface area contributed by atoms with Gasteiger partial charge in [0.2, 0.25) is 5.91 Å². The Kier molecular flexibility index (Phi) is 4.16. The topological polar surface area (TPSA) is 69.7 Å². The van der Waals surface area contributed by atoms with Gasteiger partial charge < -0.3 is 10.2 Å².